The number of thiazole rings is 1. The molecular weight excluding hydrogens is 408 g/mol. The number of rotatable bonds is 6. The van der Waals surface area contributed by atoms with Gasteiger partial charge < -0.3 is 14.8 Å². The Balaban J connectivity index is 1.64. The zero-order valence-electron chi connectivity index (χ0n) is 16.2. The number of hydrogen-bond donors (Lipinski definition) is 1. The third kappa shape index (κ3) is 4.15. The van der Waals surface area contributed by atoms with Crippen LogP contribution in [0, 0.1) is 6.92 Å². The zero-order valence-corrected chi connectivity index (χ0v) is 17.8. The van der Waals surface area contributed by atoms with Gasteiger partial charge in [-0.2, -0.15) is 0 Å². The van der Waals surface area contributed by atoms with Crippen molar-refractivity contribution >= 4 is 44.1 Å². The number of carbonyl (C=O) groups excluding carboxylic acids is 1. The lowest BCUT2D eigenvalue weighted by molar-refractivity contribution is -0.0570. The summed E-state index contributed by atoms with van der Waals surface area (Å²) < 4.78 is 12.8. The maximum absolute atomic E-state index is 13.2. The van der Waals surface area contributed by atoms with Crippen LogP contribution >= 0.6 is 22.9 Å². The average molecular weight is 429 g/mol. The molecule has 29 heavy (non-hydrogen) atoms. The van der Waals surface area contributed by atoms with Crippen molar-refractivity contribution in [1.82, 2.24) is 4.98 Å². The van der Waals surface area contributed by atoms with Gasteiger partial charge in [0.25, 0.3) is 0 Å². The lowest BCUT2D eigenvalue weighted by Gasteiger charge is -2.27. The zero-order chi connectivity index (χ0) is 20.4. The summed E-state index contributed by atoms with van der Waals surface area (Å²) in [6.07, 6.45) is 2.77. The van der Waals surface area contributed by atoms with Crippen LogP contribution in [0.3, 0.4) is 0 Å². The molecule has 2 heterocycles. The summed E-state index contributed by atoms with van der Waals surface area (Å²) in [4.78, 5) is 17.7. The molecule has 0 fully saturated rings. The fourth-order valence-electron chi connectivity index (χ4n) is 3.07. The Kier molecular flexibility index (Phi) is 5.85. The third-order valence-corrected chi connectivity index (χ3v) is 5.87. The number of anilines is 1. The molecule has 1 unspecified atom stereocenters. The van der Waals surface area contributed by atoms with E-state index in [-0.39, 0.29) is 5.78 Å². The molecule has 0 saturated carbocycles. The molecular formula is C22H21ClN2O3S. The second-order valence-corrected chi connectivity index (χ2v) is 8.29. The molecule has 0 spiro atoms. The molecule has 0 aliphatic carbocycles. The van der Waals surface area contributed by atoms with E-state index >= 15 is 0 Å². The second-order valence-electron chi connectivity index (χ2n) is 6.85. The van der Waals surface area contributed by atoms with Gasteiger partial charge in [0, 0.05) is 6.20 Å². The number of benzene rings is 2. The highest BCUT2D eigenvalue weighted by molar-refractivity contribution is 7.22. The van der Waals surface area contributed by atoms with Crippen molar-refractivity contribution in [1.29, 1.82) is 0 Å². The first-order chi connectivity index (χ1) is 14.1. The maximum Gasteiger partial charge on any atom is 0.232 e. The number of halogens is 1. The van der Waals surface area contributed by atoms with E-state index in [1.54, 1.807) is 12.3 Å². The van der Waals surface area contributed by atoms with Crippen LogP contribution in [0.2, 0.25) is 5.02 Å². The molecule has 2 aromatic carbocycles. The molecule has 1 aliphatic heterocycles. The van der Waals surface area contributed by atoms with Gasteiger partial charge in [0.2, 0.25) is 6.29 Å². The topological polar surface area (TPSA) is 60.5 Å². The lowest BCUT2D eigenvalue weighted by Crippen LogP contribution is -2.33. The summed E-state index contributed by atoms with van der Waals surface area (Å²) in [6, 6.07) is 11.2. The summed E-state index contributed by atoms with van der Waals surface area (Å²) in [6.45, 7) is 4.55. The van der Waals surface area contributed by atoms with E-state index in [1.165, 1.54) is 11.3 Å². The van der Waals surface area contributed by atoms with Gasteiger partial charge in [-0.1, -0.05) is 54.0 Å². The number of aromatic nitrogens is 1. The Hall–Kier alpha value is -2.41. The standard InChI is InChI=1S/C22H21ClN2O3S/c1-3-4-10-27-21-15(20(26)14-11-13(2)8-9-17(14)28-21)12-24-22-25-19-16(23)6-5-7-18(19)29-22/h5-9,11-12,21H,3-4,10H2,1-2H3,(H,24,25). The van der Waals surface area contributed by atoms with Crippen LogP contribution in [0.25, 0.3) is 10.2 Å². The minimum atomic E-state index is -0.755. The molecule has 1 aliphatic rings. The van der Waals surface area contributed by atoms with Crippen molar-refractivity contribution in [2.75, 3.05) is 11.9 Å². The van der Waals surface area contributed by atoms with Crippen LogP contribution in [0.1, 0.15) is 35.7 Å². The van der Waals surface area contributed by atoms with Gasteiger partial charge in [0.05, 0.1) is 27.5 Å². The molecule has 0 saturated heterocycles. The molecule has 4 rings (SSSR count). The van der Waals surface area contributed by atoms with Crippen LogP contribution < -0.4 is 10.1 Å². The minimum Gasteiger partial charge on any atom is -0.460 e. The number of hydrogen-bond acceptors (Lipinski definition) is 6. The van der Waals surface area contributed by atoms with E-state index in [0.717, 1.165) is 28.6 Å². The highest BCUT2D eigenvalue weighted by atomic mass is 35.5. The first-order valence-electron chi connectivity index (χ1n) is 9.52. The summed E-state index contributed by atoms with van der Waals surface area (Å²) in [5, 5.41) is 4.38. The number of carbonyl (C=O) groups is 1. The quantitative estimate of drug-likeness (QED) is 0.387. The maximum atomic E-state index is 13.2. The monoisotopic (exact) mass is 428 g/mol. The number of para-hydroxylation sites is 1. The first-order valence-corrected chi connectivity index (χ1v) is 10.7. The van der Waals surface area contributed by atoms with Crippen molar-refractivity contribution < 1.29 is 14.3 Å². The van der Waals surface area contributed by atoms with E-state index < -0.39 is 6.29 Å². The minimum absolute atomic E-state index is 0.108. The van der Waals surface area contributed by atoms with Crippen molar-refractivity contribution in [2.45, 2.75) is 33.0 Å². The van der Waals surface area contributed by atoms with Crippen LogP contribution in [0.5, 0.6) is 5.75 Å². The van der Waals surface area contributed by atoms with Gasteiger partial charge in [-0.3, -0.25) is 4.79 Å². The summed E-state index contributed by atoms with van der Waals surface area (Å²) in [5.41, 5.74) is 2.70. The van der Waals surface area contributed by atoms with Gasteiger partial charge in [0.1, 0.15) is 11.3 Å². The summed E-state index contributed by atoms with van der Waals surface area (Å²) in [5.74, 6) is 0.439. The van der Waals surface area contributed by atoms with Crippen LogP contribution in [0.15, 0.2) is 48.2 Å². The summed E-state index contributed by atoms with van der Waals surface area (Å²) >= 11 is 7.68. The van der Waals surface area contributed by atoms with Gasteiger partial charge in [0.15, 0.2) is 10.9 Å². The highest BCUT2D eigenvalue weighted by Crippen LogP contribution is 2.34. The number of fused-ring (bicyclic) bond motifs is 2. The number of Topliss-reactive ketones (excluding diaryl/α,β-unsaturated/α-hetero) is 1. The molecule has 0 bridgehead atoms. The lowest BCUT2D eigenvalue weighted by atomic mass is 9.98. The molecule has 1 aromatic heterocycles. The molecule has 1 N–H and O–H groups in total. The van der Waals surface area contributed by atoms with E-state index in [9.17, 15) is 4.79 Å². The normalized spacial score (nSPS) is 17.4. The number of unbranched alkanes of at least 4 members (excludes halogenated alkanes) is 1. The number of ketones is 1. The van der Waals surface area contributed by atoms with E-state index in [2.05, 4.69) is 17.2 Å². The number of aryl methyl sites for hydroxylation is 1. The Morgan fingerprint density at radius 2 is 2.21 bits per heavy atom. The third-order valence-electron chi connectivity index (χ3n) is 4.62. The Labute approximate surface area is 178 Å². The predicted octanol–water partition coefficient (Wildman–Crippen LogP) is 5.97. The van der Waals surface area contributed by atoms with Crippen LogP contribution in [-0.2, 0) is 4.74 Å². The van der Waals surface area contributed by atoms with E-state index in [1.807, 2.05) is 37.3 Å². The van der Waals surface area contributed by atoms with Crippen molar-refractivity contribution in [3.05, 3.63) is 64.3 Å². The predicted molar refractivity (Wildman–Crippen MR) is 117 cm³/mol. The SMILES string of the molecule is CCCCOC1Oc2ccc(C)cc2C(=O)C1=CNc1nc2c(Cl)cccc2s1. The van der Waals surface area contributed by atoms with E-state index in [0.29, 0.717) is 33.6 Å². The Morgan fingerprint density at radius 1 is 1.34 bits per heavy atom. The fraction of sp³-hybridized carbons (Fsp3) is 0.273. The molecule has 0 radical (unpaired) electrons. The number of nitrogens with zero attached hydrogens (tertiary/aromatic N) is 1. The molecule has 7 heteroatoms. The first kappa shape index (κ1) is 19.9. The largest absolute Gasteiger partial charge is 0.460 e. The molecule has 150 valence electrons. The number of ether oxygens (including phenoxy) is 2. The van der Waals surface area contributed by atoms with Crippen LogP contribution in [0.4, 0.5) is 5.13 Å². The number of nitrogens with one attached hydrogen (secondary N) is 1. The van der Waals surface area contributed by atoms with Crippen molar-refractivity contribution in [3.8, 4) is 5.75 Å². The van der Waals surface area contributed by atoms with Crippen molar-refractivity contribution in [2.24, 2.45) is 0 Å². The molecule has 1 atom stereocenters. The average Bonchev–Trinajstić information content (AvgIpc) is 3.13. The molecule has 0 amide bonds. The van der Waals surface area contributed by atoms with Crippen molar-refractivity contribution in [3.63, 3.8) is 0 Å². The summed E-state index contributed by atoms with van der Waals surface area (Å²) in [7, 11) is 0. The van der Waals surface area contributed by atoms with E-state index in [4.69, 9.17) is 21.1 Å². The van der Waals surface area contributed by atoms with Gasteiger partial charge in [-0.05, 0) is 37.6 Å². The van der Waals surface area contributed by atoms with Crippen LogP contribution in [-0.4, -0.2) is 23.7 Å². The fourth-order valence-corrected chi connectivity index (χ4v) is 4.21. The second kappa shape index (κ2) is 8.53. The van der Waals surface area contributed by atoms with Gasteiger partial charge >= 0.3 is 0 Å². The smallest absolute Gasteiger partial charge is 0.232 e. The molecule has 5 nitrogen and oxygen atoms in total. The van der Waals surface area contributed by atoms with Gasteiger partial charge in [-0.25, -0.2) is 4.98 Å². The van der Waals surface area contributed by atoms with Gasteiger partial charge in [-0.15, -0.1) is 0 Å². The molecule has 3 aromatic rings. The Bertz CT molecular complexity index is 1090. The Morgan fingerprint density at radius 3 is 3.00 bits per heavy atom. The highest BCUT2D eigenvalue weighted by Gasteiger charge is 2.32.